The number of nitrogens with one attached hydrogen (secondary N) is 1. The van der Waals surface area contributed by atoms with Gasteiger partial charge in [-0.1, -0.05) is 6.07 Å². The van der Waals surface area contributed by atoms with Gasteiger partial charge in [0.05, 0.1) is 7.11 Å². The van der Waals surface area contributed by atoms with Crippen LogP contribution in [0.25, 0.3) is 0 Å². The molecule has 2 rings (SSSR count). The zero-order valence-corrected chi connectivity index (χ0v) is 11.0. The molecule has 0 saturated heterocycles. The molecule has 5 heteroatoms. The molecular weight excluding hydrogens is 249 g/mol. The minimum absolute atomic E-state index is 0.151. The van der Waals surface area contributed by atoms with Crippen LogP contribution in [-0.4, -0.2) is 24.2 Å². The van der Waals surface area contributed by atoms with E-state index in [0.29, 0.717) is 11.3 Å². The predicted molar refractivity (Wildman–Crippen MR) is 68.7 cm³/mol. The zero-order chi connectivity index (χ0) is 14.0. The Balaban J connectivity index is 2.19. The Morgan fingerprint density at radius 2 is 2.21 bits per heavy atom. The van der Waals surface area contributed by atoms with E-state index in [0.717, 1.165) is 12.8 Å². The van der Waals surface area contributed by atoms with Crippen LogP contribution >= 0.6 is 0 Å². The Labute approximate surface area is 111 Å². The van der Waals surface area contributed by atoms with Crippen molar-refractivity contribution < 1.29 is 19.0 Å². The summed E-state index contributed by atoms with van der Waals surface area (Å²) in [4.78, 5) is 11.2. The highest BCUT2D eigenvalue weighted by Crippen LogP contribution is 2.35. The van der Waals surface area contributed by atoms with Gasteiger partial charge in [-0.3, -0.25) is 10.1 Å². The van der Waals surface area contributed by atoms with E-state index in [9.17, 15) is 14.3 Å². The second kappa shape index (κ2) is 5.57. The molecule has 1 aromatic rings. The summed E-state index contributed by atoms with van der Waals surface area (Å²) in [6, 6.07) is 3.55. The van der Waals surface area contributed by atoms with Gasteiger partial charge in [-0.05, 0) is 37.8 Å². The number of benzene rings is 1. The van der Waals surface area contributed by atoms with E-state index in [4.69, 9.17) is 4.74 Å². The number of hydrogen-bond acceptors (Lipinski definition) is 3. The van der Waals surface area contributed by atoms with Crippen molar-refractivity contribution in [3.05, 3.63) is 29.6 Å². The number of aliphatic carboxylic acids is 1. The van der Waals surface area contributed by atoms with E-state index >= 15 is 0 Å². The average molecular weight is 267 g/mol. The van der Waals surface area contributed by atoms with E-state index < -0.39 is 18.1 Å². The number of hydrogen-bond donors (Lipinski definition) is 2. The Bertz CT molecular complexity index is 474. The molecule has 0 heterocycles. The first-order chi connectivity index (χ1) is 9.04. The highest BCUT2D eigenvalue weighted by atomic mass is 19.1. The van der Waals surface area contributed by atoms with Crippen molar-refractivity contribution in [2.24, 2.45) is 5.92 Å². The molecule has 1 fully saturated rings. The quantitative estimate of drug-likeness (QED) is 0.830. The lowest BCUT2D eigenvalue weighted by Gasteiger charge is -2.22. The largest absolute Gasteiger partial charge is 0.496 e. The molecule has 0 amide bonds. The summed E-state index contributed by atoms with van der Waals surface area (Å²) < 4.78 is 19.0. The summed E-state index contributed by atoms with van der Waals surface area (Å²) in [5, 5.41) is 12.2. The minimum Gasteiger partial charge on any atom is -0.496 e. The predicted octanol–water partition coefficient (Wildman–Crippen LogP) is 2.35. The maximum absolute atomic E-state index is 13.9. The topological polar surface area (TPSA) is 58.6 Å². The first-order valence-electron chi connectivity index (χ1n) is 6.35. The lowest BCUT2D eigenvalue weighted by Crippen LogP contribution is -2.40. The molecule has 0 spiro atoms. The fourth-order valence-corrected chi connectivity index (χ4v) is 2.31. The molecule has 0 aliphatic heterocycles. The number of methoxy groups -OCH3 is 1. The maximum Gasteiger partial charge on any atom is 0.320 e. The third-order valence-electron chi connectivity index (χ3n) is 3.45. The van der Waals surface area contributed by atoms with Gasteiger partial charge < -0.3 is 9.84 Å². The molecule has 2 atom stereocenters. The van der Waals surface area contributed by atoms with Crippen LogP contribution in [0.1, 0.15) is 31.4 Å². The molecule has 4 nitrogen and oxygen atoms in total. The van der Waals surface area contributed by atoms with Gasteiger partial charge in [0.15, 0.2) is 0 Å². The fraction of sp³-hybridized carbons (Fsp3) is 0.500. The monoisotopic (exact) mass is 267 g/mol. The molecule has 19 heavy (non-hydrogen) atoms. The van der Waals surface area contributed by atoms with Crippen LogP contribution in [0.15, 0.2) is 18.2 Å². The molecule has 0 bridgehead atoms. The first-order valence-corrected chi connectivity index (χ1v) is 6.35. The summed E-state index contributed by atoms with van der Waals surface area (Å²) in [6.45, 7) is 1.75. The standard InChI is InChI=1S/C14H18FNO3/c1-8(16-13(14(17)18)9-6-7-9)12-10(15)4-3-5-11(12)19-2/h3-5,8-9,13,16H,6-7H2,1-2H3,(H,17,18). The number of carbonyl (C=O) groups is 1. The molecule has 0 aromatic heterocycles. The number of halogens is 1. The summed E-state index contributed by atoms with van der Waals surface area (Å²) in [5.41, 5.74) is 0.372. The molecule has 1 aliphatic rings. The summed E-state index contributed by atoms with van der Waals surface area (Å²) >= 11 is 0. The fourth-order valence-electron chi connectivity index (χ4n) is 2.31. The smallest absolute Gasteiger partial charge is 0.320 e. The van der Waals surface area contributed by atoms with E-state index in [1.165, 1.54) is 13.2 Å². The van der Waals surface area contributed by atoms with Crippen LogP contribution in [-0.2, 0) is 4.79 Å². The number of ether oxygens (including phenoxy) is 1. The first kappa shape index (κ1) is 13.8. The molecule has 1 saturated carbocycles. The maximum atomic E-state index is 13.9. The number of rotatable bonds is 6. The van der Waals surface area contributed by atoms with E-state index in [1.807, 2.05) is 0 Å². The molecule has 2 unspecified atom stereocenters. The van der Waals surface area contributed by atoms with Gasteiger partial charge >= 0.3 is 5.97 Å². The summed E-state index contributed by atoms with van der Waals surface area (Å²) in [7, 11) is 1.47. The van der Waals surface area contributed by atoms with Crippen LogP contribution in [0.5, 0.6) is 5.75 Å². The highest BCUT2D eigenvalue weighted by molar-refractivity contribution is 5.74. The van der Waals surface area contributed by atoms with E-state index in [1.54, 1.807) is 19.1 Å². The van der Waals surface area contributed by atoms with Crippen LogP contribution in [0.2, 0.25) is 0 Å². The van der Waals surface area contributed by atoms with Crippen molar-refractivity contribution in [3.63, 3.8) is 0 Å². The van der Waals surface area contributed by atoms with E-state index in [2.05, 4.69) is 5.32 Å². The van der Waals surface area contributed by atoms with Crippen molar-refractivity contribution in [2.45, 2.75) is 31.8 Å². The van der Waals surface area contributed by atoms with Gasteiger partial charge in [-0.15, -0.1) is 0 Å². The van der Waals surface area contributed by atoms with Crippen molar-refractivity contribution in [2.75, 3.05) is 7.11 Å². The molecular formula is C14H18FNO3. The minimum atomic E-state index is -0.885. The lowest BCUT2D eigenvalue weighted by molar-refractivity contribution is -0.140. The van der Waals surface area contributed by atoms with Crippen LogP contribution in [0.4, 0.5) is 4.39 Å². The van der Waals surface area contributed by atoms with Gasteiger partial charge in [0.2, 0.25) is 0 Å². The van der Waals surface area contributed by atoms with Crippen molar-refractivity contribution >= 4 is 5.97 Å². The molecule has 1 aromatic carbocycles. The number of carboxylic acids is 1. The Morgan fingerprint density at radius 3 is 2.74 bits per heavy atom. The Morgan fingerprint density at radius 1 is 1.53 bits per heavy atom. The van der Waals surface area contributed by atoms with Gasteiger partial charge in [0.25, 0.3) is 0 Å². The van der Waals surface area contributed by atoms with Gasteiger partial charge in [0, 0.05) is 11.6 Å². The average Bonchev–Trinajstić information content (AvgIpc) is 3.19. The number of carboxylic acid groups (broad SMARTS) is 1. The Kier molecular flexibility index (Phi) is 4.04. The van der Waals surface area contributed by atoms with Gasteiger partial charge in [-0.25, -0.2) is 4.39 Å². The highest BCUT2D eigenvalue weighted by Gasteiger charge is 2.37. The zero-order valence-electron chi connectivity index (χ0n) is 11.0. The molecule has 104 valence electrons. The van der Waals surface area contributed by atoms with Crippen LogP contribution in [0, 0.1) is 11.7 Å². The summed E-state index contributed by atoms with van der Waals surface area (Å²) in [5.74, 6) is -0.693. The lowest BCUT2D eigenvalue weighted by atomic mass is 10.0. The normalized spacial score (nSPS) is 17.8. The van der Waals surface area contributed by atoms with E-state index in [-0.39, 0.29) is 11.7 Å². The van der Waals surface area contributed by atoms with Crippen molar-refractivity contribution in [1.82, 2.24) is 5.32 Å². The molecule has 1 aliphatic carbocycles. The second-order valence-corrected chi connectivity index (χ2v) is 4.90. The van der Waals surface area contributed by atoms with Crippen molar-refractivity contribution in [3.8, 4) is 5.75 Å². The molecule has 0 radical (unpaired) electrons. The van der Waals surface area contributed by atoms with Gasteiger partial charge in [-0.2, -0.15) is 0 Å². The summed E-state index contributed by atoms with van der Waals surface area (Å²) in [6.07, 6.45) is 1.82. The second-order valence-electron chi connectivity index (χ2n) is 4.90. The Hall–Kier alpha value is -1.62. The third-order valence-corrected chi connectivity index (χ3v) is 3.45. The van der Waals surface area contributed by atoms with Crippen molar-refractivity contribution in [1.29, 1.82) is 0 Å². The van der Waals surface area contributed by atoms with Crippen LogP contribution in [0.3, 0.4) is 0 Å². The van der Waals surface area contributed by atoms with Crippen LogP contribution < -0.4 is 10.1 Å². The molecule has 2 N–H and O–H groups in total. The SMILES string of the molecule is COc1cccc(F)c1C(C)NC(C(=O)O)C1CC1. The van der Waals surface area contributed by atoms with Gasteiger partial charge in [0.1, 0.15) is 17.6 Å². The third kappa shape index (κ3) is 3.04.